The fraction of sp³-hybridized carbons (Fsp3) is 0.0667. The van der Waals surface area contributed by atoms with Crippen LogP contribution in [-0.4, -0.2) is 0 Å². The fourth-order valence-corrected chi connectivity index (χ4v) is 1.56. The lowest BCUT2D eigenvalue weighted by Crippen LogP contribution is -1.88. The molecule has 80 valence electrons. The molecule has 0 unspecified atom stereocenters. The first kappa shape index (κ1) is 10.5. The van der Waals surface area contributed by atoms with Gasteiger partial charge in [-0.1, -0.05) is 48.6 Å². The van der Waals surface area contributed by atoms with E-state index in [9.17, 15) is 0 Å². The third-order valence-corrected chi connectivity index (χ3v) is 2.56. The van der Waals surface area contributed by atoms with Crippen molar-refractivity contribution in [3.63, 3.8) is 0 Å². The maximum Gasteiger partial charge on any atom is 0.0344 e. The molecule has 1 nitrogen and oxygen atoms in total. The monoisotopic (exact) mass is 209 g/mol. The zero-order chi connectivity index (χ0) is 11.4. The molecule has 1 heteroatoms. The van der Waals surface area contributed by atoms with Gasteiger partial charge in [-0.3, -0.25) is 0 Å². The molecule has 2 aromatic carbocycles. The summed E-state index contributed by atoms with van der Waals surface area (Å²) in [6.45, 7) is 2.02. The number of nitrogens with two attached hydrogens (primary N) is 1. The lowest BCUT2D eigenvalue weighted by Gasteiger charge is -2.00. The third kappa shape index (κ3) is 2.51. The van der Waals surface area contributed by atoms with E-state index in [1.54, 1.807) is 0 Å². The van der Waals surface area contributed by atoms with Crippen molar-refractivity contribution >= 4 is 17.8 Å². The first-order valence-corrected chi connectivity index (χ1v) is 5.35. The highest BCUT2D eigenvalue weighted by Crippen LogP contribution is 2.15. The Morgan fingerprint density at radius 3 is 2.25 bits per heavy atom. The molecule has 2 rings (SSSR count). The summed E-state index contributed by atoms with van der Waals surface area (Å²) in [5, 5.41) is 0. The van der Waals surface area contributed by atoms with Crippen LogP contribution in [-0.2, 0) is 0 Å². The van der Waals surface area contributed by atoms with E-state index in [1.807, 2.05) is 37.3 Å². The average Bonchev–Trinajstić information content (AvgIpc) is 2.32. The van der Waals surface area contributed by atoms with Crippen LogP contribution in [0.25, 0.3) is 12.2 Å². The Hall–Kier alpha value is -2.02. The molecule has 2 aromatic rings. The Morgan fingerprint density at radius 2 is 1.56 bits per heavy atom. The summed E-state index contributed by atoms with van der Waals surface area (Å²) in [5.41, 5.74) is 10.1. The molecule has 2 N–H and O–H groups in total. The van der Waals surface area contributed by atoms with E-state index in [0.717, 1.165) is 11.3 Å². The number of hydrogen-bond acceptors (Lipinski definition) is 1. The molecule has 0 fully saturated rings. The van der Waals surface area contributed by atoms with Crippen molar-refractivity contribution < 1.29 is 0 Å². The van der Waals surface area contributed by atoms with Gasteiger partial charge in [0.1, 0.15) is 0 Å². The SMILES string of the molecule is Cc1cc(C=Cc2ccccc2)ccc1N. The van der Waals surface area contributed by atoms with E-state index in [-0.39, 0.29) is 0 Å². The smallest absolute Gasteiger partial charge is 0.0344 e. The zero-order valence-corrected chi connectivity index (χ0v) is 9.35. The third-order valence-electron chi connectivity index (χ3n) is 2.56. The van der Waals surface area contributed by atoms with Crippen molar-refractivity contribution in [3.05, 3.63) is 65.2 Å². The van der Waals surface area contributed by atoms with Crippen LogP contribution in [0.1, 0.15) is 16.7 Å². The molecular formula is C15H15N. The standard InChI is InChI=1S/C15H15N/c1-12-11-14(9-10-15(12)16)8-7-13-5-3-2-4-6-13/h2-11H,16H2,1H3. The molecule has 0 aliphatic rings. The second-order valence-corrected chi connectivity index (χ2v) is 3.86. The number of benzene rings is 2. The Kier molecular flexibility index (Phi) is 3.06. The van der Waals surface area contributed by atoms with Crippen molar-refractivity contribution in [1.82, 2.24) is 0 Å². The van der Waals surface area contributed by atoms with Crippen molar-refractivity contribution in [1.29, 1.82) is 0 Å². The molecule has 0 aromatic heterocycles. The van der Waals surface area contributed by atoms with Crippen LogP contribution in [0, 0.1) is 6.92 Å². The molecule has 0 amide bonds. The highest BCUT2D eigenvalue weighted by molar-refractivity contribution is 5.70. The fourth-order valence-electron chi connectivity index (χ4n) is 1.56. The van der Waals surface area contributed by atoms with Gasteiger partial charge in [0.2, 0.25) is 0 Å². The number of aryl methyl sites for hydroxylation is 1. The van der Waals surface area contributed by atoms with E-state index in [1.165, 1.54) is 11.1 Å². The predicted octanol–water partition coefficient (Wildman–Crippen LogP) is 3.75. The van der Waals surface area contributed by atoms with Crippen molar-refractivity contribution in [2.45, 2.75) is 6.92 Å². The molecule has 0 heterocycles. The molecule has 16 heavy (non-hydrogen) atoms. The quantitative estimate of drug-likeness (QED) is 0.591. The van der Waals surface area contributed by atoms with E-state index < -0.39 is 0 Å². The summed E-state index contributed by atoms with van der Waals surface area (Å²) >= 11 is 0. The van der Waals surface area contributed by atoms with Crippen LogP contribution in [0.2, 0.25) is 0 Å². The van der Waals surface area contributed by atoms with Gasteiger partial charge in [-0.05, 0) is 35.7 Å². The maximum absolute atomic E-state index is 5.77. The van der Waals surface area contributed by atoms with Crippen molar-refractivity contribution in [2.75, 3.05) is 5.73 Å². The predicted molar refractivity (Wildman–Crippen MR) is 71.0 cm³/mol. The van der Waals surface area contributed by atoms with Crippen LogP contribution in [0.5, 0.6) is 0 Å². The molecule has 0 aliphatic carbocycles. The summed E-state index contributed by atoms with van der Waals surface area (Å²) in [4.78, 5) is 0. The average molecular weight is 209 g/mol. The molecule has 0 aliphatic heterocycles. The Bertz CT molecular complexity index is 498. The topological polar surface area (TPSA) is 26.0 Å². The molecule has 0 saturated heterocycles. The first-order chi connectivity index (χ1) is 7.75. The van der Waals surface area contributed by atoms with Gasteiger partial charge in [0, 0.05) is 5.69 Å². The minimum Gasteiger partial charge on any atom is -0.399 e. The molecule has 0 bridgehead atoms. The first-order valence-electron chi connectivity index (χ1n) is 5.35. The Labute approximate surface area is 96.2 Å². The largest absolute Gasteiger partial charge is 0.399 e. The van der Waals surface area contributed by atoms with E-state index in [2.05, 4.69) is 30.4 Å². The summed E-state index contributed by atoms with van der Waals surface area (Å²) in [5.74, 6) is 0. The number of nitrogen functional groups attached to an aromatic ring is 1. The lowest BCUT2D eigenvalue weighted by atomic mass is 10.1. The molecule has 0 radical (unpaired) electrons. The summed E-state index contributed by atoms with van der Waals surface area (Å²) in [7, 11) is 0. The van der Waals surface area contributed by atoms with Crippen LogP contribution in [0.15, 0.2) is 48.5 Å². The minimum absolute atomic E-state index is 0.844. The number of hydrogen-bond donors (Lipinski definition) is 1. The second kappa shape index (κ2) is 4.67. The van der Waals surface area contributed by atoms with Gasteiger partial charge in [-0.2, -0.15) is 0 Å². The van der Waals surface area contributed by atoms with Gasteiger partial charge in [0.05, 0.1) is 0 Å². The Balaban J connectivity index is 2.21. The van der Waals surface area contributed by atoms with Gasteiger partial charge < -0.3 is 5.73 Å². The molecule has 0 spiro atoms. The minimum atomic E-state index is 0.844. The van der Waals surface area contributed by atoms with Gasteiger partial charge in [-0.15, -0.1) is 0 Å². The van der Waals surface area contributed by atoms with Crippen molar-refractivity contribution in [2.24, 2.45) is 0 Å². The number of anilines is 1. The zero-order valence-electron chi connectivity index (χ0n) is 9.35. The summed E-state index contributed by atoms with van der Waals surface area (Å²) in [6.07, 6.45) is 4.20. The van der Waals surface area contributed by atoms with Crippen molar-refractivity contribution in [3.8, 4) is 0 Å². The maximum atomic E-state index is 5.77. The van der Waals surface area contributed by atoms with Crippen LogP contribution >= 0.6 is 0 Å². The van der Waals surface area contributed by atoms with Crippen LogP contribution < -0.4 is 5.73 Å². The molecule has 0 atom stereocenters. The van der Waals surface area contributed by atoms with E-state index in [4.69, 9.17) is 5.73 Å². The summed E-state index contributed by atoms with van der Waals surface area (Å²) < 4.78 is 0. The van der Waals surface area contributed by atoms with Crippen LogP contribution in [0.3, 0.4) is 0 Å². The van der Waals surface area contributed by atoms with Gasteiger partial charge in [0.15, 0.2) is 0 Å². The Morgan fingerprint density at radius 1 is 0.875 bits per heavy atom. The second-order valence-electron chi connectivity index (χ2n) is 3.86. The van der Waals surface area contributed by atoms with Gasteiger partial charge in [0.25, 0.3) is 0 Å². The summed E-state index contributed by atoms with van der Waals surface area (Å²) in [6, 6.07) is 16.3. The van der Waals surface area contributed by atoms with E-state index in [0.29, 0.717) is 0 Å². The molecule has 0 saturated carbocycles. The van der Waals surface area contributed by atoms with Crippen LogP contribution in [0.4, 0.5) is 5.69 Å². The number of rotatable bonds is 2. The highest BCUT2D eigenvalue weighted by Gasteiger charge is 1.93. The normalized spacial score (nSPS) is 10.8. The molecular weight excluding hydrogens is 194 g/mol. The lowest BCUT2D eigenvalue weighted by molar-refractivity contribution is 1.46. The highest BCUT2D eigenvalue weighted by atomic mass is 14.5. The van der Waals surface area contributed by atoms with E-state index >= 15 is 0 Å². The van der Waals surface area contributed by atoms with Gasteiger partial charge in [-0.25, -0.2) is 0 Å². The van der Waals surface area contributed by atoms with Gasteiger partial charge >= 0.3 is 0 Å².